The summed E-state index contributed by atoms with van der Waals surface area (Å²) in [5.74, 6) is -0.0324. The number of hydrogen-bond donors (Lipinski definition) is 2. The van der Waals surface area contributed by atoms with E-state index in [1.807, 2.05) is 30.3 Å². The first-order chi connectivity index (χ1) is 21.6. The lowest BCUT2D eigenvalue weighted by molar-refractivity contribution is -0.0260. The number of Topliss-reactive ketones (excluding diaryl/α,β-unsaturated/α-hetero) is 1. The van der Waals surface area contributed by atoms with Gasteiger partial charge in [-0.3, -0.25) is 9.59 Å². The number of phenols is 1. The predicted octanol–water partition coefficient (Wildman–Crippen LogP) is 7.07. The van der Waals surface area contributed by atoms with Gasteiger partial charge in [0.25, 0.3) is 0 Å². The van der Waals surface area contributed by atoms with Crippen LogP contribution in [0.25, 0.3) is 0 Å². The van der Waals surface area contributed by atoms with Gasteiger partial charge in [0.05, 0.1) is 19.8 Å². The van der Waals surface area contributed by atoms with Crippen LogP contribution in [0.15, 0.2) is 91.0 Å². The number of nitrogens with zero attached hydrogens (tertiary/aromatic N) is 1. The molecule has 0 unspecified atom stereocenters. The molecule has 0 spiro atoms. The maximum atomic E-state index is 12.9. The number of carbonyl (C=O) groups excluding carboxylic acids is 2. The molecular formula is C36H37ClFNO6. The quantitative estimate of drug-likeness (QED) is 0.180. The number of ether oxygens (including phenoxy) is 2. The van der Waals surface area contributed by atoms with Crippen molar-refractivity contribution >= 4 is 23.2 Å². The Hall–Kier alpha value is -4.24. The number of ketones is 2. The molecule has 4 aromatic carbocycles. The maximum Gasteiger partial charge on any atom is 0.200 e. The van der Waals surface area contributed by atoms with E-state index in [0.717, 1.165) is 31.6 Å². The predicted molar refractivity (Wildman–Crippen MR) is 172 cm³/mol. The van der Waals surface area contributed by atoms with Crippen LogP contribution in [0.5, 0.6) is 17.2 Å². The molecule has 1 aliphatic heterocycles. The van der Waals surface area contributed by atoms with Gasteiger partial charge in [-0.1, -0.05) is 54.1 Å². The molecule has 4 aromatic rings. The van der Waals surface area contributed by atoms with Gasteiger partial charge in [-0.05, 0) is 67.8 Å². The number of likely N-dealkylation sites (tertiary alicyclic amines) is 1. The van der Waals surface area contributed by atoms with Crippen molar-refractivity contribution in [3.63, 3.8) is 0 Å². The minimum Gasteiger partial charge on any atom is -0.507 e. The van der Waals surface area contributed by atoms with Gasteiger partial charge in [0, 0.05) is 47.8 Å². The fourth-order valence-corrected chi connectivity index (χ4v) is 5.38. The van der Waals surface area contributed by atoms with Crippen molar-refractivity contribution < 1.29 is 33.7 Å². The molecule has 0 bridgehead atoms. The molecule has 236 valence electrons. The van der Waals surface area contributed by atoms with Crippen molar-refractivity contribution in [2.45, 2.75) is 31.3 Å². The van der Waals surface area contributed by atoms with Gasteiger partial charge in [-0.15, -0.1) is 0 Å². The summed E-state index contributed by atoms with van der Waals surface area (Å²) < 4.78 is 23.1. The Bertz CT molecular complexity index is 1570. The van der Waals surface area contributed by atoms with E-state index >= 15 is 0 Å². The van der Waals surface area contributed by atoms with Crippen LogP contribution >= 0.6 is 11.6 Å². The van der Waals surface area contributed by atoms with Crippen molar-refractivity contribution in [3.8, 4) is 17.2 Å². The maximum absolute atomic E-state index is 12.9. The molecular weight excluding hydrogens is 597 g/mol. The second kappa shape index (κ2) is 15.7. The van der Waals surface area contributed by atoms with Crippen LogP contribution < -0.4 is 9.47 Å². The van der Waals surface area contributed by atoms with E-state index in [1.54, 1.807) is 30.3 Å². The summed E-state index contributed by atoms with van der Waals surface area (Å²) in [4.78, 5) is 26.8. The van der Waals surface area contributed by atoms with Gasteiger partial charge in [-0.2, -0.15) is 0 Å². The Kier molecular flexibility index (Phi) is 11.7. The Morgan fingerprint density at radius 3 is 2.13 bits per heavy atom. The van der Waals surface area contributed by atoms with Gasteiger partial charge in [-0.25, -0.2) is 4.39 Å². The van der Waals surface area contributed by atoms with Crippen molar-refractivity contribution in [3.05, 3.63) is 124 Å². The molecule has 9 heteroatoms. The van der Waals surface area contributed by atoms with Crippen LogP contribution in [-0.2, 0) is 5.60 Å². The van der Waals surface area contributed by atoms with Crippen LogP contribution in [0.2, 0.25) is 5.02 Å². The highest BCUT2D eigenvalue weighted by atomic mass is 35.5. The summed E-state index contributed by atoms with van der Waals surface area (Å²) in [6.45, 7) is 2.41. The minimum atomic E-state index is -0.801. The summed E-state index contributed by atoms with van der Waals surface area (Å²) in [6.07, 6.45) is 2.54. The van der Waals surface area contributed by atoms with Crippen molar-refractivity contribution in [2.24, 2.45) is 0 Å². The molecule has 0 saturated carbocycles. The van der Waals surface area contributed by atoms with Gasteiger partial charge >= 0.3 is 0 Å². The Morgan fingerprint density at radius 1 is 0.889 bits per heavy atom. The molecule has 1 aliphatic rings. The first kappa shape index (κ1) is 33.6. The highest BCUT2D eigenvalue weighted by Gasteiger charge is 2.33. The molecule has 2 N–H and O–H groups in total. The molecule has 0 aliphatic carbocycles. The fourth-order valence-electron chi connectivity index (χ4n) is 5.26. The second-order valence-electron chi connectivity index (χ2n) is 10.8. The summed E-state index contributed by atoms with van der Waals surface area (Å²) >= 11 is 5.92. The number of piperidine rings is 1. The first-order valence-corrected chi connectivity index (χ1v) is 15.1. The molecule has 0 aromatic heterocycles. The fraction of sp³-hybridized carbons (Fsp3) is 0.278. The van der Waals surface area contributed by atoms with E-state index in [4.69, 9.17) is 21.1 Å². The zero-order valence-corrected chi connectivity index (χ0v) is 26.1. The molecule has 0 amide bonds. The van der Waals surface area contributed by atoms with Crippen molar-refractivity contribution in [1.29, 1.82) is 0 Å². The molecule has 5 rings (SSSR count). The lowest BCUT2D eigenvalue weighted by atomic mass is 9.84. The lowest BCUT2D eigenvalue weighted by Crippen LogP contribution is -2.42. The molecule has 0 radical (unpaired) electrons. The molecule has 7 nitrogen and oxygen atoms in total. The number of aromatic hydroxyl groups is 1. The SMILES string of the molecule is COc1cc(O)c(C(=O)c2ccccc2)c(OC)c1.O=C(CCCN1CCC(O)(c2ccc(Cl)cc2)CC1)c1ccc(F)cc1. The van der Waals surface area contributed by atoms with E-state index in [1.165, 1.54) is 44.6 Å². The number of methoxy groups -OCH3 is 2. The standard InChI is InChI=1S/C21H23ClFNO2.C15H14O4/c22-18-7-5-17(6-8-18)21(26)11-14-24(15-12-21)13-1-2-20(25)16-3-9-19(23)10-4-16;1-18-11-8-12(16)14(13(9-11)19-2)15(17)10-6-4-3-5-7-10/h3-10,26H,1-2,11-15H2;3-9,16H,1-2H3. The molecule has 45 heavy (non-hydrogen) atoms. The molecule has 1 fully saturated rings. The first-order valence-electron chi connectivity index (χ1n) is 14.7. The normalized spacial score (nSPS) is 14.2. The zero-order valence-electron chi connectivity index (χ0n) is 25.3. The number of rotatable bonds is 10. The zero-order chi connectivity index (χ0) is 32.4. The Balaban J connectivity index is 0.000000215. The minimum absolute atomic E-state index is 0.0414. The van der Waals surface area contributed by atoms with Crippen molar-refractivity contribution in [2.75, 3.05) is 33.9 Å². The third kappa shape index (κ3) is 8.91. The van der Waals surface area contributed by atoms with Crippen LogP contribution in [-0.4, -0.2) is 60.5 Å². The van der Waals surface area contributed by atoms with E-state index in [-0.39, 0.29) is 34.4 Å². The smallest absolute Gasteiger partial charge is 0.200 e. The topological polar surface area (TPSA) is 96.3 Å². The Labute approximate surface area is 267 Å². The number of phenolic OH excluding ortho intramolecular Hbond substituents is 1. The monoisotopic (exact) mass is 633 g/mol. The van der Waals surface area contributed by atoms with Gasteiger partial charge in [0.2, 0.25) is 5.78 Å². The number of benzene rings is 4. The van der Waals surface area contributed by atoms with Crippen LogP contribution in [0.1, 0.15) is 57.5 Å². The molecule has 0 atom stereocenters. The largest absolute Gasteiger partial charge is 0.507 e. The third-order valence-corrected chi connectivity index (χ3v) is 8.13. The third-order valence-electron chi connectivity index (χ3n) is 7.88. The Morgan fingerprint density at radius 2 is 1.53 bits per heavy atom. The van der Waals surface area contributed by atoms with Gasteiger partial charge in [0.15, 0.2) is 5.78 Å². The van der Waals surface area contributed by atoms with Crippen LogP contribution in [0.4, 0.5) is 4.39 Å². The number of hydrogen-bond acceptors (Lipinski definition) is 7. The number of aliphatic hydroxyl groups is 1. The van der Waals surface area contributed by atoms with Gasteiger partial charge in [0.1, 0.15) is 28.6 Å². The van der Waals surface area contributed by atoms with Crippen molar-refractivity contribution in [1.82, 2.24) is 4.90 Å². The van der Waals surface area contributed by atoms with E-state index in [2.05, 4.69) is 4.90 Å². The number of carbonyl (C=O) groups is 2. The van der Waals surface area contributed by atoms with Gasteiger partial charge < -0.3 is 24.6 Å². The summed E-state index contributed by atoms with van der Waals surface area (Å²) in [7, 11) is 2.92. The molecule has 1 saturated heterocycles. The average molecular weight is 634 g/mol. The van der Waals surface area contributed by atoms with E-state index < -0.39 is 5.60 Å². The highest BCUT2D eigenvalue weighted by molar-refractivity contribution is 6.30. The number of halogens is 2. The van der Waals surface area contributed by atoms with E-state index in [0.29, 0.717) is 41.2 Å². The lowest BCUT2D eigenvalue weighted by Gasteiger charge is -2.38. The summed E-state index contributed by atoms with van der Waals surface area (Å²) in [5, 5.41) is 21.5. The van der Waals surface area contributed by atoms with E-state index in [9.17, 15) is 24.2 Å². The summed E-state index contributed by atoms with van der Waals surface area (Å²) in [5.41, 5.74) is 1.29. The highest BCUT2D eigenvalue weighted by Crippen LogP contribution is 2.35. The second-order valence-corrected chi connectivity index (χ2v) is 11.3. The average Bonchev–Trinajstić information content (AvgIpc) is 3.06. The van der Waals surface area contributed by atoms with Crippen LogP contribution in [0.3, 0.4) is 0 Å². The molecule has 1 heterocycles. The summed E-state index contributed by atoms with van der Waals surface area (Å²) in [6, 6.07) is 24.8. The van der Waals surface area contributed by atoms with Crippen LogP contribution in [0, 0.1) is 5.82 Å².